The van der Waals surface area contributed by atoms with Gasteiger partial charge in [0.25, 0.3) is 0 Å². The Kier molecular flexibility index (Phi) is 10.5. The molecule has 0 N–H and O–H groups in total. The van der Waals surface area contributed by atoms with E-state index in [0.29, 0.717) is 17.8 Å². The van der Waals surface area contributed by atoms with Gasteiger partial charge in [0.1, 0.15) is 23.7 Å². The van der Waals surface area contributed by atoms with Crippen LogP contribution in [0.15, 0.2) is 85.2 Å². The Morgan fingerprint density at radius 3 is 2.03 bits per heavy atom. The minimum Gasteiger partial charge on any atom is -0.497 e. The third-order valence-corrected chi connectivity index (χ3v) is 17.4. The number of piperidine rings is 1. The number of ether oxygens (including phenoxy) is 4. The molecule has 7 heterocycles. The van der Waals surface area contributed by atoms with Crippen LogP contribution in [0.25, 0.3) is 32.6 Å². The first kappa shape index (κ1) is 38.5. The predicted octanol–water partition coefficient (Wildman–Crippen LogP) is 9.32. The van der Waals surface area contributed by atoms with Crippen molar-refractivity contribution >= 4 is 43.5 Å². The van der Waals surface area contributed by atoms with E-state index in [1.165, 1.54) is 31.4 Å². The summed E-state index contributed by atoms with van der Waals surface area (Å²) in [6, 6.07) is 25.5. The number of nitrogens with zero attached hydrogens (tertiary/aromatic N) is 6. The first-order valence-corrected chi connectivity index (χ1v) is 23.4. The smallest absolute Gasteiger partial charge is 0.242 e. The number of hydrogen-bond donors (Lipinski definition) is 1. The van der Waals surface area contributed by atoms with Crippen LogP contribution in [-0.4, -0.2) is 92.3 Å². The van der Waals surface area contributed by atoms with Crippen molar-refractivity contribution in [1.29, 1.82) is 0 Å². The van der Waals surface area contributed by atoms with Crippen LogP contribution in [0.2, 0.25) is 0 Å². The molecule has 3 aromatic carbocycles. The van der Waals surface area contributed by atoms with E-state index in [-0.39, 0.29) is 35.2 Å². The van der Waals surface area contributed by atoms with Gasteiger partial charge in [0.15, 0.2) is 0 Å². The SMILES string of the molecule is CCC1CC2C1CCN2C(C)C(Oc1nnc(OC(c2ccnc3ccc(OC)cc23)C2CC3CCN2C[SH]3CC)c2ccccc12)c1ccnc2ccc(OC)cc12. The van der Waals surface area contributed by atoms with Crippen molar-refractivity contribution < 1.29 is 18.9 Å². The summed E-state index contributed by atoms with van der Waals surface area (Å²) in [5.74, 6) is 6.59. The van der Waals surface area contributed by atoms with Crippen molar-refractivity contribution in [1.82, 2.24) is 30.0 Å². The first-order valence-electron chi connectivity index (χ1n) is 21.6. The average Bonchev–Trinajstić information content (AvgIpc) is 3.62. The fraction of sp³-hybridized carbons (Fsp3) is 0.458. The maximum absolute atomic E-state index is 7.30. The number of pyridine rings is 2. The zero-order chi connectivity index (χ0) is 40.2. The molecule has 5 fully saturated rings. The van der Waals surface area contributed by atoms with Crippen molar-refractivity contribution in [2.45, 2.75) is 88.5 Å². The van der Waals surface area contributed by atoms with E-state index in [0.717, 1.165) is 97.7 Å². The normalized spacial score (nSPS) is 27.2. The third kappa shape index (κ3) is 6.83. The van der Waals surface area contributed by atoms with Crippen LogP contribution >= 0.6 is 10.9 Å². The molecule has 10 unspecified atom stereocenters. The molecule has 10 nitrogen and oxygen atoms in total. The summed E-state index contributed by atoms with van der Waals surface area (Å²) in [6.07, 6.45) is 9.26. The Hall–Kier alpha value is -4.71. The van der Waals surface area contributed by atoms with Gasteiger partial charge >= 0.3 is 0 Å². The minimum atomic E-state index is -0.346. The summed E-state index contributed by atoms with van der Waals surface area (Å²) < 4.78 is 26.0. The lowest BCUT2D eigenvalue weighted by Gasteiger charge is -2.53. The fourth-order valence-corrected chi connectivity index (χ4v) is 13.8. The van der Waals surface area contributed by atoms with Crippen molar-refractivity contribution in [2.24, 2.45) is 11.8 Å². The Morgan fingerprint density at radius 2 is 1.41 bits per heavy atom. The molecule has 59 heavy (non-hydrogen) atoms. The van der Waals surface area contributed by atoms with Gasteiger partial charge < -0.3 is 18.9 Å². The molecule has 0 spiro atoms. The highest BCUT2D eigenvalue weighted by Gasteiger charge is 2.50. The zero-order valence-electron chi connectivity index (χ0n) is 34.8. The lowest BCUT2D eigenvalue weighted by atomic mass is 9.68. The van der Waals surface area contributed by atoms with Crippen LogP contribution in [-0.2, 0) is 0 Å². The molecule has 5 aliphatic rings. The van der Waals surface area contributed by atoms with Crippen molar-refractivity contribution in [2.75, 3.05) is 38.9 Å². The molecule has 308 valence electrons. The van der Waals surface area contributed by atoms with Crippen LogP contribution < -0.4 is 18.9 Å². The maximum atomic E-state index is 7.30. The summed E-state index contributed by atoms with van der Waals surface area (Å²) in [7, 11) is 3.41. The number of methoxy groups -OCH3 is 2. The molecule has 10 atom stereocenters. The van der Waals surface area contributed by atoms with Crippen LogP contribution in [0.4, 0.5) is 0 Å². The van der Waals surface area contributed by atoms with E-state index in [9.17, 15) is 0 Å². The van der Waals surface area contributed by atoms with E-state index in [2.05, 4.69) is 79.1 Å². The lowest BCUT2D eigenvalue weighted by molar-refractivity contribution is 0.00575. The maximum Gasteiger partial charge on any atom is 0.242 e. The summed E-state index contributed by atoms with van der Waals surface area (Å²) in [4.78, 5) is 14.9. The van der Waals surface area contributed by atoms with Gasteiger partial charge in [-0.1, -0.05) is 32.4 Å². The largest absolute Gasteiger partial charge is 0.497 e. The molecule has 1 aliphatic carbocycles. The van der Waals surface area contributed by atoms with Crippen LogP contribution in [0.1, 0.15) is 76.2 Å². The van der Waals surface area contributed by atoms with Gasteiger partial charge in [-0.25, -0.2) is 10.9 Å². The van der Waals surface area contributed by atoms with Gasteiger partial charge in [-0.15, -0.1) is 10.2 Å². The van der Waals surface area contributed by atoms with E-state index < -0.39 is 0 Å². The Balaban J connectivity index is 1.05. The number of hydrogen-bond acceptors (Lipinski definition) is 10. The highest BCUT2D eigenvalue weighted by atomic mass is 32.2. The molecule has 0 amide bonds. The molecule has 0 radical (unpaired) electrons. The Bertz CT molecular complexity index is 2490. The third-order valence-electron chi connectivity index (χ3n) is 14.3. The topological polar surface area (TPSA) is 95.0 Å². The lowest BCUT2D eigenvalue weighted by Crippen LogP contribution is -2.54. The summed E-state index contributed by atoms with van der Waals surface area (Å²) in [6.45, 7) is 9.17. The molecule has 1 saturated carbocycles. The van der Waals surface area contributed by atoms with Gasteiger partial charge in [0.05, 0.1) is 42.1 Å². The number of thiol groups is 1. The van der Waals surface area contributed by atoms with Crippen molar-refractivity contribution in [3.05, 3.63) is 96.3 Å². The molecular formula is C48H56N6O4S. The van der Waals surface area contributed by atoms with Gasteiger partial charge in [0.2, 0.25) is 11.8 Å². The van der Waals surface area contributed by atoms with Gasteiger partial charge in [-0.05, 0) is 123 Å². The Morgan fingerprint density at radius 1 is 0.746 bits per heavy atom. The van der Waals surface area contributed by atoms with Gasteiger partial charge in [-0.2, -0.15) is 0 Å². The highest BCUT2D eigenvalue weighted by Crippen LogP contribution is 2.51. The second-order valence-electron chi connectivity index (χ2n) is 17.0. The quantitative estimate of drug-likeness (QED) is 0.114. The number of benzene rings is 3. The molecule has 11 rings (SSSR count). The van der Waals surface area contributed by atoms with E-state index in [4.69, 9.17) is 39.1 Å². The molecular weight excluding hydrogens is 757 g/mol. The fourth-order valence-electron chi connectivity index (χ4n) is 11.0. The van der Waals surface area contributed by atoms with Crippen molar-refractivity contribution in [3.8, 4) is 23.3 Å². The molecule has 6 aromatic rings. The van der Waals surface area contributed by atoms with E-state index in [1.807, 2.05) is 36.7 Å². The zero-order valence-corrected chi connectivity index (χ0v) is 35.7. The number of fused-ring (bicyclic) bond motifs is 7. The van der Waals surface area contributed by atoms with E-state index >= 15 is 0 Å². The first-order chi connectivity index (χ1) is 29.0. The van der Waals surface area contributed by atoms with Gasteiger partial charge in [0, 0.05) is 58.8 Å². The standard InChI is InChI=1S/C48H56N6O4S/c1-6-30-24-43-34(30)19-23-54(43)29(3)45(35-16-20-49-41-14-12-31(55-4)25-39(35)41)57-47-37-10-8-9-11-38(37)48(52-51-47)58-46(44-27-33-18-22-53(44)28-59(33)7-2)36-17-21-50-42-15-13-32(56-5)26-40(36)42/h8-17,20-21,25-26,29-30,33-34,43-46,59H,6-7,18-19,22-24,27-28H2,1-5H3. The number of likely N-dealkylation sites (tertiary alicyclic amines) is 1. The molecule has 3 aromatic heterocycles. The number of aromatic nitrogens is 4. The van der Waals surface area contributed by atoms with Crippen molar-refractivity contribution in [3.63, 3.8) is 0 Å². The molecule has 11 heteroatoms. The van der Waals surface area contributed by atoms with Crippen LogP contribution in [0.3, 0.4) is 0 Å². The van der Waals surface area contributed by atoms with Crippen LogP contribution in [0.5, 0.6) is 23.3 Å². The molecule has 4 saturated heterocycles. The predicted molar refractivity (Wildman–Crippen MR) is 237 cm³/mol. The number of rotatable bonds is 13. The summed E-state index contributed by atoms with van der Waals surface area (Å²) in [5, 5.41) is 14.4. The second-order valence-corrected chi connectivity index (χ2v) is 19.8. The molecule has 4 aliphatic heterocycles. The summed E-state index contributed by atoms with van der Waals surface area (Å²) >= 11 is 0. The minimum absolute atomic E-state index is 0.0151. The molecule has 2 bridgehead atoms. The highest BCUT2D eigenvalue weighted by molar-refractivity contribution is 8.17. The second kappa shape index (κ2) is 16.0. The average molecular weight is 813 g/mol. The Labute approximate surface area is 350 Å². The van der Waals surface area contributed by atoms with Gasteiger partial charge in [-0.3, -0.25) is 19.8 Å². The van der Waals surface area contributed by atoms with E-state index in [1.54, 1.807) is 14.2 Å². The monoisotopic (exact) mass is 812 g/mol. The summed E-state index contributed by atoms with van der Waals surface area (Å²) in [5.41, 5.74) is 3.98. The van der Waals surface area contributed by atoms with Crippen LogP contribution in [0, 0.1) is 11.8 Å².